The predicted octanol–water partition coefficient (Wildman–Crippen LogP) is 4.64. The number of benzene rings is 3. The quantitative estimate of drug-likeness (QED) is 0.645. The van der Waals surface area contributed by atoms with Crippen LogP contribution in [0.15, 0.2) is 54.6 Å². The molecule has 0 radical (unpaired) electrons. The SMILES string of the molecule is Cc1cccc2c(C3=c4cc(CCCN5C6CCCC5CC6)ccc4=CCN3)cccc12. The summed E-state index contributed by atoms with van der Waals surface area (Å²) in [5, 5.41) is 9.13. The van der Waals surface area contributed by atoms with E-state index >= 15 is 0 Å². The van der Waals surface area contributed by atoms with Crippen LogP contribution in [-0.4, -0.2) is 30.1 Å². The molecule has 0 saturated carbocycles. The van der Waals surface area contributed by atoms with Crippen LogP contribution < -0.4 is 15.8 Å². The number of piperidine rings is 1. The van der Waals surface area contributed by atoms with Crippen molar-refractivity contribution in [1.82, 2.24) is 10.2 Å². The van der Waals surface area contributed by atoms with Gasteiger partial charge in [-0.1, -0.05) is 61.0 Å². The highest BCUT2D eigenvalue weighted by Crippen LogP contribution is 2.35. The van der Waals surface area contributed by atoms with E-state index in [1.165, 1.54) is 95.1 Å². The number of hydrogen-bond acceptors (Lipinski definition) is 2. The summed E-state index contributed by atoms with van der Waals surface area (Å²) in [7, 11) is 0. The Bertz CT molecular complexity index is 1260. The largest absolute Gasteiger partial charge is 0.381 e. The maximum atomic E-state index is 3.71. The molecule has 0 spiro atoms. The lowest BCUT2D eigenvalue weighted by molar-refractivity contribution is 0.139. The van der Waals surface area contributed by atoms with Crippen molar-refractivity contribution in [2.75, 3.05) is 13.1 Å². The van der Waals surface area contributed by atoms with Gasteiger partial charge in [0.25, 0.3) is 0 Å². The van der Waals surface area contributed by atoms with E-state index in [0.717, 1.165) is 18.6 Å². The molecule has 3 aromatic carbocycles. The lowest BCUT2D eigenvalue weighted by atomic mass is 9.95. The molecule has 32 heavy (non-hydrogen) atoms. The number of nitrogens with zero attached hydrogens (tertiary/aromatic N) is 1. The molecule has 3 aliphatic heterocycles. The molecule has 2 saturated heterocycles. The van der Waals surface area contributed by atoms with Gasteiger partial charge in [-0.15, -0.1) is 0 Å². The van der Waals surface area contributed by atoms with Crippen molar-refractivity contribution in [2.45, 2.75) is 64.0 Å². The van der Waals surface area contributed by atoms with Crippen molar-refractivity contribution in [3.05, 3.63) is 81.7 Å². The molecular formula is C30H34N2. The number of hydrogen-bond donors (Lipinski definition) is 1. The lowest BCUT2D eigenvalue weighted by Gasteiger charge is -2.34. The summed E-state index contributed by atoms with van der Waals surface area (Å²) < 4.78 is 0. The molecule has 2 atom stereocenters. The molecule has 6 rings (SSSR count). The average Bonchev–Trinajstić information content (AvgIpc) is 3.04. The number of rotatable bonds is 5. The molecule has 3 heterocycles. The summed E-state index contributed by atoms with van der Waals surface area (Å²) in [6.45, 7) is 4.37. The highest BCUT2D eigenvalue weighted by Gasteiger charge is 2.35. The number of nitrogens with one attached hydrogen (secondary N) is 1. The van der Waals surface area contributed by atoms with Crippen LogP contribution in [0.25, 0.3) is 22.5 Å². The molecule has 1 N–H and O–H groups in total. The minimum atomic E-state index is 0.880. The fourth-order valence-corrected chi connectivity index (χ4v) is 6.49. The van der Waals surface area contributed by atoms with E-state index in [2.05, 4.69) is 77.8 Å². The average molecular weight is 423 g/mol. The molecule has 2 nitrogen and oxygen atoms in total. The number of fused-ring (bicyclic) bond motifs is 4. The fraction of sp³-hybridized carbons (Fsp3) is 0.400. The Balaban J connectivity index is 1.32. The summed E-state index contributed by atoms with van der Waals surface area (Å²) in [6.07, 6.45) is 12.0. The second kappa shape index (κ2) is 8.41. The van der Waals surface area contributed by atoms with Crippen LogP contribution in [-0.2, 0) is 6.42 Å². The van der Waals surface area contributed by atoms with Gasteiger partial charge in [0, 0.05) is 29.4 Å². The zero-order chi connectivity index (χ0) is 21.5. The highest BCUT2D eigenvalue weighted by molar-refractivity contribution is 5.95. The van der Waals surface area contributed by atoms with Crippen molar-refractivity contribution in [3.8, 4) is 0 Å². The van der Waals surface area contributed by atoms with Crippen molar-refractivity contribution in [3.63, 3.8) is 0 Å². The molecule has 2 bridgehead atoms. The summed E-state index contributed by atoms with van der Waals surface area (Å²) in [4.78, 5) is 2.84. The van der Waals surface area contributed by atoms with Gasteiger partial charge in [-0.05, 0) is 85.2 Å². The van der Waals surface area contributed by atoms with Crippen LogP contribution in [0.5, 0.6) is 0 Å². The molecule has 0 aliphatic carbocycles. The van der Waals surface area contributed by atoms with Gasteiger partial charge in [0.05, 0.1) is 5.70 Å². The van der Waals surface area contributed by atoms with Gasteiger partial charge in [-0.2, -0.15) is 0 Å². The Morgan fingerprint density at radius 1 is 0.906 bits per heavy atom. The zero-order valence-corrected chi connectivity index (χ0v) is 19.2. The Labute approximate surface area is 191 Å². The molecule has 164 valence electrons. The van der Waals surface area contributed by atoms with Crippen LogP contribution in [0, 0.1) is 6.92 Å². The maximum absolute atomic E-state index is 3.71. The summed E-state index contributed by atoms with van der Waals surface area (Å²) in [5.41, 5.74) is 5.42. The fourth-order valence-electron chi connectivity index (χ4n) is 6.49. The molecular weight excluding hydrogens is 388 g/mol. The first kappa shape index (κ1) is 20.1. The van der Waals surface area contributed by atoms with Gasteiger partial charge < -0.3 is 5.32 Å². The van der Waals surface area contributed by atoms with Crippen molar-refractivity contribution < 1.29 is 0 Å². The first-order valence-electron chi connectivity index (χ1n) is 12.6. The molecule has 2 unspecified atom stereocenters. The van der Waals surface area contributed by atoms with E-state index in [1.807, 2.05) is 0 Å². The third-order valence-corrected chi connectivity index (χ3v) is 8.12. The minimum absolute atomic E-state index is 0.880. The first-order chi connectivity index (χ1) is 15.8. The van der Waals surface area contributed by atoms with Gasteiger partial charge in [0.15, 0.2) is 0 Å². The first-order valence-corrected chi connectivity index (χ1v) is 12.6. The Kier molecular flexibility index (Phi) is 5.27. The summed E-state index contributed by atoms with van der Waals surface area (Å²) in [5.74, 6) is 0. The minimum Gasteiger partial charge on any atom is -0.381 e. The van der Waals surface area contributed by atoms with E-state index in [4.69, 9.17) is 0 Å². The Morgan fingerprint density at radius 3 is 2.59 bits per heavy atom. The van der Waals surface area contributed by atoms with Gasteiger partial charge >= 0.3 is 0 Å². The predicted molar refractivity (Wildman–Crippen MR) is 135 cm³/mol. The molecule has 3 aliphatic rings. The second-order valence-electron chi connectivity index (χ2n) is 10.0. The Morgan fingerprint density at radius 2 is 1.72 bits per heavy atom. The van der Waals surface area contributed by atoms with Crippen LogP contribution in [0.4, 0.5) is 0 Å². The van der Waals surface area contributed by atoms with E-state index in [1.54, 1.807) is 0 Å². The monoisotopic (exact) mass is 422 g/mol. The van der Waals surface area contributed by atoms with Crippen LogP contribution >= 0.6 is 0 Å². The van der Waals surface area contributed by atoms with Crippen molar-refractivity contribution >= 4 is 22.5 Å². The highest BCUT2D eigenvalue weighted by atomic mass is 15.2. The third-order valence-electron chi connectivity index (χ3n) is 8.12. The molecule has 2 fully saturated rings. The maximum Gasteiger partial charge on any atom is 0.0502 e. The van der Waals surface area contributed by atoms with Crippen molar-refractivity contribution in [2.24, 2.45) is 0 Å². The molecule has 0 amide bonds. The second-order valence-corrected chi connectivity index (χ2v) is 10.0. The standard InChI is InChI=1S/C30H34N2/c1-21-6-2-11-27-26(21)10-4-12-28(27)30-29-20-22(13-14-23(29)17-18-31-30)7-5-19-32-24-8-3-9-25(32)16-15-24/h2,4,6,10-14,17,20,24-25,31H,3,5,7-9,15-16,18-19H2,1H3. The van der Waals surface area contributed by atoms with Crippen LogP contribution in [0.1, 0.15) is 55.2 Å². The Hall–Kier alpha value is -2.58. The molecule has 3 aromatic rings. The van der Waals surface area contributed by atoms with Gasteiger partial charge in [0.1, 0.15) is 0 Å². The third kappa shape index (κ3) is 3.55. The summed E-state index contributed by atoms with van der Waals surface area (Å²) >= 11 is 0. The van der Waals surface area contributed by atoms with Gasteiger partial charge in [0.2, 0.25) is 0 Å². The summed E-state index contributed by atoms with van der Waals surface area (Å²) in [6, 6.07) is 22.3. The lowest BCUT2D eigenvalue weighted by Crippen LogP contribution is -2.40. The van der Waals surface area contributed by atoms with E-state index in [-0.39, 0.29) is 0 Å². The molecule has 0 aromatic heterocycles. The smallest absolute Gasteiger partial charge is 0.0502 e. The topological polar surface area (TPSA) is 15.3 Å². The van der Waals surface area contributed by atoms with Crippen LogP contribution in [0.3, 0.4) is 0 Å². The van der Waals surface area contributed by atoms with E-state index in [9.17, 15) is 0 Å². The van der Waals surface area contributed by atoms with Crippen molar-refractivity contribution in [1.29, 1.82) is 0 Å². The molecule has 2 heteroatoms. The van der Waals surface area contributed by atoms with E-state index in [0.29, 0.717) is 0 Å². The van der Waals surface area contributed by atoms with Gasteiger partial charge in [-0.3, -0.25) is 4.90 Å². The van der Waals surface area contributed by atoms with E-state index < -0.39 is 0 Å². The zero-order valence-electron chi connectivity index (χ0n) is 19.2. The van der Waals surface area contributed by atoms with Gasteiger partial charge in [-0.25, -0.2) is 0 Å². The van der Waals surface area contributed by atoms with Crippen LogP contribution in [0.2, 0.25) is 0 Å². The number of aryl methyl sites for hydroxylation is 2. The normalized spacial score (nSPS) is 22.5.